The fourth-order valence-electron chi connectivity index (χ4n) is 3.56. The first-order valence-corrected chi connectivity index (χ1v) is 9.06. The molecule has 1 aliphatic rings. The minimum Gasteiger partial charge on any atom is -0.342 e. The number of H-pyrrole nitrogens is 1. The van der Waals surface area contributed by atoms with Crippen LogP contribution in [0.3, 0.4) is 0 Å². The fourth-order valence-corrected chi connectivity index (χ4v) is 3.56. The first kappa shape index (κ1) is 16.5. The van der Waals surface area contributed by atoms with Crippen molar-refractivity contribution in [3.8, 4) is 0 Å². The molecule has 0 unspecified atom stereocenters. The van der Waals surface area contributed by atoms with Gasteiger partial charge in [-0.1, -0.05) is 40.7 Å². The molecule has 1 heterocycles. The van der Waals surface area contributed by atoms with Crippen LogP contribution in [0.15, 0.2) is 18.2 Å². The van der Waals surface area contributed by atoms with Gasteiger partial charge in [0.1, 0.15) is 5.82 Å². The minimum absolute atomic E-state index is 0.178. The van der Waals surface area contributed by atoms with Crippen molar-refractivity contribution < 1.29 is 0 Å². The number of benzene rings is 1. The summed E-state index contributed by atoms with van der Waals surface area (Å²) < 4.78 is 0. The molecule has 1 aromatic heterocycles. The van der Waals surface area contributed by atoms with Crippen LogP contribution in [-0.4, -0.2) is 22.1 Å². The van der Waals surface area contributed by atoms with Crippen LogP contribution in [-0.2, 0) is 11.8 Å². The second-order valence-corrected chi connectivity index (χ2v) is 8.56. The second kappa shape index (κ2) is 6.27. The Kier molecular flexibility index (Phi) is 4.50. The molecule has 0 amide bonds. The van der Waals surface area contributed by atoms with Gasteiger partial charge in [0.25, 0.3) is 0 Å². The minimum atomic E-state index is 0.178. The van der Waals surface area contributed by atoms with Crippen LogP contribution < -0.4 is 5.32 Å². The third-order valence-corrected chi connectivity index (χ3v) is 4.99. The van der Waals surface area contributed by atoms with E-state index < -0.39 is 0 Å². The van der Waals surface area contributed by atoms with Gasteiger partial charge in [-0.05, 0) is 48.3 Å². The molecule has 23 heavy (non-hydrogen) atoms. The summed E-state index contributed by atoms with van der Waals surface area (Å²) in [7, 11) is 0. The first-order valence-electron chi connectivity index (χ1n) is 9.06. The molecule has 0 saturated heterocycles. The third-order valence-electron chi connectivity index (χ3n) is 4.99. The van der Waals surface area contributed by atoms with Crippen LogP contribution >= 0.6 is 0 Å². The highest BCUT2D eigenvalue weighted by molar-refractivity contribution is 5.76. The molecule has 1 aliphatic carbocycles. The van der Waals surface area contributed by atoms with E-state index in [0.717, 1.165) is 29.7 Å². The highest BCUT2D eigenvalue weighted by Gasteiger charge is 2.28. The SMILES string of the molecule is CC(C)N[C@H]1C[C@@H](CCc2nc3cc(C(C)(C)C)ccc3[nH]2)C1. The lowest BCUT2D eigenvalue weighted by atomic mass is 9.77. The van der Waals surface area contributed by atoms with Crippen molar-refractivity contribution in [3.05, 3.63) is 29.6 Å². The van der Waals surface area contributed by atoms with Gasteiger partial charge < -0.3 is 10.3 Å². The zero-order chi connectivity index (χ0) is 16.6. The summed E-state index contributed by atoms with van der Waals surface area (Å²) in [6, 6.07) is 7.98. The van der Waals surface area contributed by atoms with Gasteiger partial charge in [-0.15, -0.1) is 0 Å². The van der Waals surface area contributed by atoms with E-state index in [2.05, 4.69) is 63.1 Å². The zero-order valence-corrected chi connectivity index (χ0v) is 15.2. The number of aromatic amines is 1. The molecular formula is C20H31N3. The number of rotatable bonds is 5. The van der Waals surface area contributed by atoms with Crippen molar-refractivity contribution in [1.82, 2.24) is 15.3 Å². The Morgan fingerprint density at radius 3 is 2.65 bits per heavy atom. The van der Waals surface area contributed by atoms with Crippen molar-refractivity contribution >= 4 is 11.0 Å². The number of aryl methyl sites for hydroxylation is 1. The number of hydrogen-bond donors (Lipinski definition) is 2. The second-order valence-electron chi connectivity index (χ2n) is 8.56. The molecule has 3 rings (SSSR count). The lowest BCUT2D eigenvalue weighted by molar-refractivity contribution is 0.200. The first-order chi connectivity index (χ1) is 10.8. The van der Waals surface area contributed by atoms with Gasteiger partial charge in [-0.25, -0.2) is 4.98 Å². The fraction of sp³-hybridized carbons (Fsp3) is 0.650. The van der Waals surface area contributed by atoms with Crippen LogP contribution in [0.1, 0.15) is 65.3 Å². The molecule has 0 bridgehead atoms. The summed E-state index contributed by atoms with van der Waals surface area (Å²) in [5, 5.41) is 3.63. The van der Waals surface area contributed by atoms with Gasteiger partial charge in [0.2, 0.25) is 0 Å². The molecule has 0 spiro atoms. The number of nitrogens with zero attached hydrogens (tertiary/aromatic N) is 1. The number of nitrogens with one attached hydrogen (secondary N) is 2. The third kappa shape index (κ3) is 3.95. The van der Waals surface area contributed by atoms with Crippen LogP contribution in [0.2, 0.25) is 0 Å². The molecular weight excluding hydrogens is 282 g/mol. The topological polar surface area (TPSA) is 40.7 Å². The van der Waals surface area contributed by atoms with Gasteiger partial charge in [0.05, 0.1) is 11.0 Å². The Hall–Kier alpha value is -1.35. The molecule has 0 aliphatic heterocycles. The molecule has 2 aromatic rings. The van der Waals surface area contributed by atoms with E-state index in [9.17, 15) is 0 Å². The molecule has 3 nitrogen and oxygen atoms in total. The maximum absolute atomic E-state index is 4.81. The molecule has 3 heteroatoms. The normalized spacial score (nSPS) is 21.8. The zero-order valence-electron chi connectivity index (χ0n) is 15.2. The Morgan fingerprint density at radius 2 is 2.00 bits per heavy atom. The Labute approximate surface area is 140 Å². The maximum atomic E-state index is 4.81. The molecule has 0 radical (unpaired) electrons. The van der Waals surface area contributed by atoms with Crippen LogP contribution in [0, 0.1) is 5.92 Å². The largest absolute Gasteiger partial charge is 0.342 e. The van der Waals surface area contributed by atoms with E-state index in [4.69, 9.17) is 4.98 Å². The van der Waals surface area contributed by atoms with Crippen molar-refractivity contribution in [1.29, 1.82) is 0 Å². The van der Waals surface area contributed by atoms with Crippen molar-refractivity contribution in [3.63, 3.8) is 0 Å². The smallest absolute Gasteiger partial charge is 0.107 e. The van der Waals surface area contributed by atoms with E-state index >= 15 is 0 Å². The monoisotopic (exact) mass is 313 g/mol. The van der Waals surface area contributed by atoms with Gasteiger partial charge in [-0.3, -0.25) is 0 Å². The highest BCUT2D eigenvalue weighted by Crippen LogP contribution is 2.32. The van der Waals surface area contributed by atoms with Gasteiger partial charge in [0, 0.05) is 18.5 Å². The van der Waals surface area contributed by atoms with E-state index in [0.29, 0.717) is 6.04 Å². The van der Waals surface area contributed by atoms with Crippen molar-refractivity contribution in [2.45, 2.75) is 77.8 Å². The molecule has 126 valence electrons. The summed E-state index contributed by atoms with van der Waals surface area (Å²) in [6.07, 6.45) is 4.97. The van der Waals surface area contributed by atoms with Gasteiger partial charge in [0.15, 0.2) is 0 Å². The van der Waals surface area contributed by atoms with Crippen LogP contribution in [0.5, 0.6) is 0 Å². The summed E-state index contributed by atoms with van der Waals surface area (Å²) in [6.45, 7) is 11.2. The molecule has 1 saturated carbocycles. The van der Waals surface area contributed by atoms with Gasteiger partial charge in [-0.2, -0.15) is 0 Å². The average molecular weight is 313 g/mol. The van der Waals surface area contributed by atoms with E-state index in [1.54, 1.807) is 0 Å². The molecule has 0 atom stereocenters. The Morgan fingerprint density at radius 1 is 1.26 bits per heavy atom. The molecule has 1 aromatic carbocycles. The van der Waals surface area contributed by atoms with E-state index in [1.165, 1.54) is 30.3 Å². The van der Waals surface area contributed by atoms with E-state index in [1.807, 2.05) is 0 Å². The van der Waals surface area contributed by atoms with Crippen molar-refractivity contribution in [2.75, 3.05) is 0 Å². The van der Waals surface area contributed by atoms with Crippen molar-refractivity contribution in [2.24, 2.45) is 5.92 Å². The number of hydrogen-bond acceptors (Lipinski definition) is 2. The standard InChI is InChI=1S/C20H31N3/c1-13(2)21-16-10-14(11-16)6-9-19-22-17-8-7-15(20(3,4)5)12-18(17)23-19/h7-8,12-14,16,21H,6,9-11H2,1-5H3,(H,22,23)/t14-,16+. The Balaban J connectivity index is 1.57. The summed E-state index contributed by atoms with van der Waals surface area (Å²) in [5.74, 6) is 2.01. The number of aromatic nitrogens is 2. The summed E-state index contributed by atoms with van der Waals surface area (Å²) >= 11 is 0. The predicted octanol–water partition coefficient (Wildman–Crippen LogP) is 4.57. The van der Waals surface area contributed by atoms with Crippen LogP contribution in [0.4, 0.5) is 0 Å². The summed E-state index contributed by atoms with van der Waals surface area (Å²) in [4.78, 5) is 8.31. The number of imidazole rings is 1. The molecule has 2 N–H and O–H groups in total. The average Bonchev–Trinajstić information content (AvgIpc) is 2.81. The predicted molar refractivity (Wildman–Crippen MR) is 97.9 cm³/mol. The quantitative estimate of drug-likeness (QED) is 0.849. The van der Waals surface area contributed by atoms with E-state index in [-0.39, 0.29) is 5.41 Å². The highest BCUT2D eigenvalue weighted by atomic mass is 15.0. The molecule has 1 fully saturated rings. The lowest BCUT2D eigenvalue weighted by Gasteiger charge is -2.37. The lowest BCUT2D eigenvalue weighted by Crippen LogP contribution is -2.44. The maximum Gasteiger partial charge on any atom is 0.107 e. The van der Waals surface area contributed by atoms with Gasteiger partial charge >= 0.3 is 0 Å². The number of fused-ring (bicyclic) bond motifs is 1. The summed E-state index contributed by atoms with van der Waals surface area (Å²) in [5.41, 5.74) is 3.81. The van der Waals surface area contributed by atoms with Crippen LogP contribution in [0.25, 0.3) is 11.0 Å². The Bertz CT molecular complexity index is 657.